The zero-order chi connectivity index (χ0) is 25.9. The molecule has 0 aliphatic carbocycles. The summed E-state index contributed by atoms with van der Waals surface area (Å²) in [5, 5.41) is 4.31. The lowest BCUT2D eigenvalue weighted by Crippen LogP contribution is -2.47. The number of aromatic amines is 1. The molecule has 0 radical (unpaired) electrons. The van der Waals surface area contributed by atoms with Gasteiger partial charge in [-0.15, -0.1) is 0 Å². The van der Waals surface area contributed by atoms with Crippen LogP contribution < -0.4 is 20.7 Å². The van der Waals surface area contributed by atoms with Gasteiger partial charge < -0.3 is 25.7 Å². The van der Waals surface area contributed by atoms with Crippen molar-refractivity contribution in [3.63, 3.8) is 0 Å². The smallest absolute Gasteiger partial charge is 0.239 e. The second-order valence-corrected chi connectivity index (χ2v) is 9.65. The number of anilines is 1. The maximum absolute atomic E-state index is 13.3. The minimum Gasteiger partial charge on any atom is -0.497 e. The van der Waals surface area contributed by atoms with Crippen molar-refractivity contribution in [2.24, 2.45) is 5.73 Å². The van der Waals surface area contributed by atoms with Crippen molar-refractivity contribution in [2.75, 3.05) is 25.1 Å². The van der Waals surface area contributed by atoms with Crippen molar-refractivity contribution < 1.29 is 14.3 Å². The van der Waals surface area contributed by atoms with Crippen molar-refractivity contribution in [1.82, 2.24) is 10.3 Å². The Balaban J connectivity index is 1.37. The van der Waals surface area contributed by atoms with Gasteiger partial charge in [-0.25, -0.2) is 0 Å². The molecule has 0 fully saturated rings. The molecule has 1 aliphatic rings. The van der Waals surface area contributed by atoms with Crippen molar-refractivity contribution in [3.05, 3.63) is 95.7 Å². The molecule has 3 atom stereocenters. The van der Waals surface area contributed by atoms with Crippen molar-refractivity contribution in [1.29, 1.82) is 0 Å². The summed E-state index contributed by atoms with van der Waals surface area (Å²) in [5.74, 6) is 0.00243. The van der Waals surface area contributed by atoms with Crippen LogP contribution in [-0.2, 0) is 9.59 Å². The number of benzene rings is 3. The fourth-order valence-corrected chi connectivity index (χ4v) is 5.44. The molecule has 4 aromatic rings. The van der Waals surface area contributed by atoms with Crippen LogP contribution in [0.15, 0.2) is 79.0 Å². The number of hydrogen-bond acceptors (Lipinski definition) is 4. The Bertz CT molecular complexity index is 1410. The van der Waals surface area contributed by atoms with E-state index in [4.69, 9.17) is 10.5 Å². The minimum absolute atomic E-state index is 0.00384. The molecule has 3 aromatic carbocycles. The number of carbonyl (C=O) groups excluding carboxylic acids is 2. The van der Waals surface area contributed by atoms with Crippen LogP contribution in [0.3, 0.4) is 0 Å². The van der Waals surface area contributed by atoms with E-state index < -0.39 is 0 Å². The number of methoxy groups -OCH3 is 1. The minimum atomic E-state index is -0.341. The highest BCUT2D eigenvalue weighted by atomic mass is 16.5. The highest BCUT2D eigenvalue weighted by molar-refractivity contribution is 5.88. The van der Waals surface area contributed by atoms with Gasteiger partial charge in [-0.2, -0.15) is 0 Å². The summed E-state index contributed by atoms with van der Waals surface area (Å²) in [5.41, 5.74) is 10.7. The van der Waals surface area contributed by atoms with Crippen LogP contribution in [0.25, 0.3) is 10.9 Å². The first-order valence-corrected chi connectivity index (χ1v) is 12.6. The van der Waals surface area contributed by atoms with Crippen LogP contribution in [0.5, 0.6) is 5.75 Å². The zero-order valence-corrected chi connectivity index (χ0v) is 21.1. The number of fused-ring (bicyclic) bond motifs is 2. The summed E-state index contributed by atoms with van der Waals surface area (Å²) >= 11 is 0. The first kappa shape index (κ1) is 24.4. The lowest BCUT2D eigenvalue weighted by atomic mass is 9.85. The number of nitrogens with one attached hydrogen (secondary N) is 2. The van der Waals surface area contributed by atoms with E-state index in [1.54, 1.807) is 7.11 Å². The average Bonchev–Trinajstić information content (AvgIpc) is 3.34. The molecule has 0 bridgehead atoms. The van der Waals surface area contributed by atoms with Crippen LogP contribution in [0.1, 0.15) is 41.9 Å². The van der Waals surface area contributed by atoms with Crippen molar-refractivity contribution in [3.8, 4) is 5.75 Å². The number of nitrogens with two attached hydrogens (primary N) is 1. The average molecular weight is 497 g/mol. The highest BCUT2D eigenvalue weighted by Crippen LogP contribution is 2.38. The van der Waals surface area contributed by atoms with E-state index >= 15 is 0 Å². The molecule has 4 N–H and O–H groups in total. The van der Waals surface area contributed by atoms with E-state index in [1.165, 1.54) is 0 Å². The Labute approximate surface area is 216 Å². The van der Waals surface area contributed by atoms with Crippen LogP contribution in [0.2, 0.25) is 0 Å². The number of hydrogen-bond donors (Lipinski definition) is 3. The molecule has 190 valence electrons. The van der Waals surface area contributed by atoms with E-state index in [0.29, 0.717) is 13.0 Å². The molecule has 2 amide bonds. The summed E-state index contributed by atoms with van der Waals surface area (Å²) in [6.07, 6.45) is 2.61. The molecule has 1 aliphatic heterocycles. The second kappa shape index (κ2) is 10.4. The van der Waals surface area contributed by atoms with Crippen molar-refractivity contribution >= 4 is 28.4 Å². The molecule has 2 heterocycles. The second-order valence-electron chi connectivity index (χ2n) is 9.65. The molecule has 0 saturated heterocycles. The molecular weight excluding hydrogens is 464 g/mol. The molecular formula is C30H32N4O3. The standard InChI is InChI=1S/C30H32N4O3/c1-19-15-24(30(31)36)23-8-4-6-10-28(23)34(19)18-29(35)33-16-25(20-11-13-21(37-2)14-12-20)26-17-32-27-9-5-3-7-22(26)27/h3-14,17,19,24-25,32H,15-16,18H2,1-2H3,(H2,31,36)(H,33,35)/t19-,24+,25-/m0/s1. The van der Waals surface area contributed by atoms with E-state index in [2.05, 4.69) is 27.3 Å². The first-order valence-electron chi connectivity index (χ1n) is 12.6. The van der Waals surface area contributed by atoms with Crippen molar-refractivity contribution in [2.45, 2.75) is 31.2 Å². The number of H-pyrrole nitrogens is 1. The summed E-state index contributed by atoms with van der Waals surface area (Å²) in [4.78, 5) is 30.8. The lowest BCUT2D eigenvalue weighted by molar-refractivity contribution is -0.120. The third-order valence-electron chi connectivity index (χ3n) is 7.41. The number of para-hydroxylation sites is 2. The molecule has 0 spiro atoms. The van der Waals surface area contributed by atoms with Gasteiger partial charge in [0.25, 0.3) is 0 Å². The predicted molar refractivity (Wildman–Crippen MR) is 146 cm³/mol. The fourth-order valence-electron chi connectivity index (χ4n) is 5.44. The van der Waals surface area contributed by atoms with E-state index in [9.17, 15) is 9.59 Å². The summed E-state index contributed by atoms with van der Waals surface area (Å²) in [6.45, 7) is 2.68. The van der Waals surface area contributed by atoms with Gasteiger partial charge in [-0.3, -0.25) is 9.59 Å². The topological polar surface area (TPSA) is 100 Å². The lowest BCUT2D eigenvalue weighted by Gasteiger charge is -2.39. The quantitative estimate of drug-likeness (QED) is 0.339. The number of ether oxygens (including phenoxy) is 1. The Hall–Kier alpha value is -4.26. The normalized spacial score (nSPS) is 17.7. The molecule has 0 unspecified atom stereocenters. The molecule has 0 saturated carbocycles. The Morgan fingerprint density at radius 2 is 1.81 bits per heavy atom. The molecule has 7 nitrogen and oxygen atoms in total. The number of amides is 2. The third kappa shape index (κ3) is 4.89. The number of aromatic nitrogens is 1. The van der Waals surface area contributed by atoms with Gasteiger partial charge in [-0.1, -0.05) is 48.5 Å². The van der Waals surface area contributed by atoms with E-state index in [-0.39, 0.29) is 36.2 Å². The Kier molecular flexibility index (Phi) is 6.86. The molecule has 37 heavy (non-hydrogen) atoms. The number of primary amides is 1. The summed E-state index contributed by atoms with van der Waals surface area (Å²) < 4.78 is 5.34. The molecule has 7 heteroatoms. The number of carbonyl (C=O) groups is 2. The highest BCUT2D eigenvalue weighted by Gasteiger charge is 2.33. The summed E-state index contributed by atoms with van der Waals surface area (Å²) in [7, 11) is 1.65. The maximum Gasteiger partial charge on any atom is 0.239 e. The van der Waals surface area contributed by atoms with Gasteiger partial charge >= 0.3 is 0 Å². The van der Waals surface area contributed by atoms with E-state index in [1.807, 2.05) is 73.8 Å². The van der Waals surface area contributed by atoms with Gasteiger partial charge in [0.05, 0.1) is 19.6 Å². The number of nitrogens with zero attached hydrogens (tertiary/aromatic N) is 1. The summed E-state index contributed by atoms with van der Waals surface area (Å²) in [6, 6.07) is 23.9. The predicted octanol–water partition coefficient (Wildman–Crippen LogP) is 4.29. The van der Waals surface area contributed by atoms with Crippen LogP contribution in [0, 0.1) is 0 Å². The monoisotopic (exact) mass is 496 g/mol. The van der Waals surface area contributed by atoms with E-state index in [0.717, 1.165) is 39.0 Å². The third-order valence-corrected chi connectivity index (χ3v) is 7.41. The molecule has 5 rings (SSSR count). The largest absolute Gasteiger partial charge is 0.497 e. The van der Waals surface area contributed by atoms with Gasteiger partial charge in [0, 0.05) is 41.3 Å². The first-order chi connectivity index (χ1) is 18.0. The van der Waals surface area contributed by atoms with Gasteiger partial charge in [0.2, 0.25) is 11.8 Å². The SMILES string of the molecule is COc1ccc([C@H](CNC(=O)CN2c3ccccc3[C@H](C(N)=O)C[C@@H]2C)c2c[nH]c3ccccc23)cc1. The maximum atomic E-state index is 13.3. The fraction of sp³-hybridized carbons (Fsp3) is 0.267. The van der Waals surface area contributed by atoms with Gasteiger partial charge in [0.15, 0.2) is 0 Å². The van der Waals surface area contributed by atoms with Crippen LogP contribution in [0.4, 0.5) is 5.69 Å². The molecule has 1 aromatic heterocycles. The Morgan fingerprint density at radius 1 is 1.08 bits per heavy atom. The van der Waals surface area contributed by atoms with Crippen LogP contribution in [-0.4, -0.2) is 43.0 Å². The number of rotatable bonds is 8. The van der Waals surface area contributed by atoms with Gasteiger partial charge in [0.1, 0.15) is 5.75 Å². The Morgan fingerprint density at radius 3 is 2.57 bits per heavy atom. The van der Waals surface area contributed by atoms with Crippen LogP contribution >= 0.6 is 0 Å². The zero-order valence-electron chi connectivity index (χ0n) is 21.1. The van der Waals surface area contributed by atoms with Gasteiger partial charge in [-0.05, 0) is 54.3 Å².